The fraction of sp³-hybridized carbons (Fsp3) is 0.292. The van der Waals surface area contributed by atoms with Gasteiger partial charge in [-0.25, -0.2) is 23.0 Å². The lowest BCUT2D eigenvalue weighted by Gasteiger charge is -2.14. The Hall–Kier alpha value is -3.56. The van der Waals surface area contributed by atoms with E-state index in [1.807, 2.05) is 0 Å². The molecule has 0 saturated carbocycles. The minimum atomic E-state index is -5.24. The number of ether oxygens (including phenoxy) is 2. The number of hydrogen-bond acceptors (Lipinski definition) is 8. The quantitative estimate of drug-likeness (QED) is 0.130. The van der Waals surface area contributed by atoms with E-state index in [1.165, 1.54) is 31.4 Å². The summed E-state index contributed by atoms with van der Waals surface area (Å²) in [5, 5.41) is -0.204. The summed E-state index contributed by atoms with van der Waals surface area (Å²) in [4.78, 5) is 23.4. The van der Waals surface area contributed by atoms with E-state index in [2.05, 4.69) is 19.8 Å². The Morgan fingerprint density at radius 2 is 1.85 bits per heavy atom. The molecule has 1 aromatic heterocycles. The van der Waals surface area contributed by atoms with Crippen molar-refractivity contribution in [2.75, 3.05) is 32.1 Å². The maximum atomic E-state index is 14.2. The lowest BCUT2D eigenvalue weighted by molar-refractivity contribution is -0.169. The second-order valence-corrected chi connectivity index (χ2v) is 10.9. The van der Waals surface area contributed by atoms with Gasteiger partial charge in [0, 0.05) is 30.4 Å². The van der Waals surface area contributed by atoms with E-state index in [0.29, 0.717) is 5.69 Å². The number of aromatic nitrogens is 2. The SMILES string of the molecule is CONc1cc(CS(C)(=O)=NC(=O)C(F)(F)F)cc(OCCCOc2cc(F)ccc2-c2nc(Cl)ncc2F)c1. The van der Waals surface area contributed by atoms with Gasteiger partial charge in [-0.15, -0.1) is 0 Å². The number of anilines is 1. The van der Waals surface area contributed by atoms with Gasteiger partial charge in [0.15, 0.2) is 5.82 Å². The lowest BCUT2D eigenvalue weighted by Crippen LogP contribution is -2.22. The first kappa shape index (κ1) is 31.0. The highest BCUT2D eigenvalue weighted by molar-refractivity contribution is 7.92. The summed E-state index contributed by atoms with van der Waals surface area (Å²) in [6, 6.07) is 7.84. The van der Waals surface area contributed by atoms with E-state index in [0.717, 1.165) is 24.6 Å². The average molecular weight is 609 g/mol. The molecule has 1 heterocycles. The molecule has 0 radical (unpaired) electrons. The van der Waals surface area contributed by atoms with Crippen molar-refractivity contribution in [2.45, 2.75) is 18.3 Å². The van der Waals surface area contributed by atoms with Crippen LogP contribution in [0.15, 0.2) is 47.0 Å². The topological polar surface area (TPSA) is 112 Å². The summed E-state index contributed by atoms with van der Waals surface area (Å²) in [7, 11) is -2.25. The van der Waals surface area contributed by atoms with Crippen LogP contribution in [-0.2, 0) is 25.1 Å². The maximum Gasteiger partial charge on any atom is 0.474 e. The largest absolute Gasteiger partial charge is 0.493 e. The molecular formula is C24H22ClF5N4O5S. The molecule has 0 aliphatic carbocycles. The third kappa shape index (κ3) is 8.99. The van der Waals surface area contributed by atoms with E-state index >= 15 is 0 Å². The Labute approximate surface area is 230 Å². The van der Waals surface area contributed by atoms with Gasteiger partial charge in [0.1, 0.15) is 23.0 Å². The first-order valence-corrected chi connectivity index (χ1v) is 13.7. The van der Waals surface area contributed by atoms with Crippen molar-refractivity contribution >= 4 is 32.9 Å². The van der Waals surface area contributed by atoms with Crippen LogP contribution in [0.5, 0.6) is 11.5 Å². The molecule has 1 N–H and O–H groups in total. The first-order chi connectivity index (χ1) is 18.8. The number of nitrogens with one attached hydrogen (secondary N) is 1. The first-order valence-electron chi connectivity index (χ1n) is 11.2. The van der Waals surface area contributed by atoms with Crippen LogP contribution in [0.4, 0.5) is 27.6 Å². The molecule has 216 valence electrons. The molecule has 0 bridgehead atoms. The predicted molar refractivity (Wildman–Crippen MR) is 136 cm³/mol. The van der Waals surface area contributed by atoms with Crippen LogP contribution in [0.25, 0.3) is 11.3 Å². The van der Waals surface area contributed by atoms with Crippen molar-refractivity contribution in [3.8, 4) is 22.8 Å². The van der Waals surface area contributed by atoms with Crippen molar-refractivity contribution in [2.24, 2.45) is 4.36 Å². The van der Waals surface area contributed by atoms with Gasteiger partial charge in [0.25, 0.3) is 0 Å². The lowest BCUT2D eigenvalue weighted by atomic mass is 10.1. The van der Waals surface area contributed by atoms with Gasteiger partial charge < -0.3 is 9.47 Å². The molecule has 0 aliphatic heterocycles. The highest BCUT2D eigenvalue weighted by Crippen LogP contribution is 2.32. The molecule has 0 fully saturated rings. The molecule has 1 atom stereocenters. The standard InChI is InChI=1S/C24H22ClF5N4O5S/c1-37-33-16-8-14(13-40(2,36)34-22(35)24(28,29)30)9-17(11-16)38-6-3-7-39-20-10-15(26)4-5-18(20)21-19(27)12-31-23(25)32-21/h4-5,8-12,33H,3,6-7,13H2,1-2H3. The fourth-order valence-corrected chi connectivity index (χ4v) is 4.79. The van der Waals surface area contributed by atoms with E-state index < -0.39 is 39.2 Å². The zero-order chi connectivity index (χ0) is 29.5. The minimum absolute atomic E-state index is 0.0112. The van der Waals surface area contributed by atoms with Gasteiger partial charge in [-0.2, -0.15) is 17.5 Å². The van der Waals surface area contributed by atoms with Crippen molar-refractivity contribution in [3.63, 3.8) is 0 Å². The number of carbonyl (C=O) groups is 1. The van der Waals surface area contributed by atoms with Crippen LogP contribution in [0.2, 0.25) is 5.28 Å². The van der Waals surface area contributed by atoms with Gasteiger partial charge in [-0.1, -0.05) is 0 Å². The molecule has 9 nitrogen and oxygen atoms in total. The average Bonchev–Trinajstić information content (AvgIpc) is 2.84. The van der Waals surface area contributed by atoms with Gasteiger partial charge in [0.05, 0.1) is 47.7 Å². The maximum absolute atomic E-state index is 14.2. The number of alkyl halides is 3. The van der Waals surface area contributed by atoms with Gasteiger partial charge in [-0.3, -0.25) is 15.1 Å². The van der Waals surface area contributed by atoms with Crippen LogP contribution in [0, 0.1) is 11.6 Å². The molecular weight excluding hydrogens is 587 g/mol. The summed E-state index contributed by atoms with van der Waals surface area (Å²) in [5.74, 6) is -4.07. The Morgan fingerprint density at radius 3 is 2.55 bits per heavy atom. The smallest absolute Gasteiger partial charge is 0.474 e. The number of benzene rings is 2. The van der Waals surface area contributed by atoms with Gasteiger partial charge in [0.2, 0.25) is 5.28 Å². The van der Waals surface area contributed by atoms with Crippen LogP contribution in [0.3, 0.4) is 0 Å². The Kier molecular flexibility index (Phi) is 10.2. The minimum Gasteiger partial charge on any atom is -0.493 e. The van der Waals surface area contributed by atoms with Crippen LogP contribution >= 0.6 is 11.6 Å². The van der Waals surface area contributed by atoms with Crippen LogP contribution in [0.1, 0.15) is 12.0 Å². The molecule has 3 rings (SSSR count). The van der Waals surface area contributed by atoms with Crippen molar-refractivity contribution in [1.29, 1.82) is 0 Å². The Morgan fingerprint density at radius 1 is 1.12 bits per heavy atom. The molecule has 16 heteroatoms. The van der Waals surface area contributed by atoms with E-state index in [9.17, 15) is 31.0 Å². The summed E-state index contributed by atoms with van der Waals surface area (Å²) < 4.78 is 92.4. The second kappa shape index (κ2) is 13.2. The zero-order valence-electron chi connectivity index (χ0n) is 20.9. The molecule has 1 unspecified atom stereocenters. The zero-order valence-corrected chi connectivity index (χ0v) is 22.5. The number of halogens is 6. The van der Waals surface area contributed by atoms with Gasteiger partial charge >= 0.3 is 12.1 Å². The Balaban J connectivity index is 1.68. The summed E-state index contributed by atoms with van der Waals surface area (Å²) in [6.07, 6.45) is -3.16. The van der Waals surface area contributed by atoms with Crippen LogP contribution < -0.4 is 15.0 Å². The van der Waals surface area contributed by atoms with Gasteiger partial charge in [-0.05, 0) is 41.4 Å². The third-order valence-corrected chi connectivity index (χ3v) is 6.47. The number of nitrogens with zero attached hydrogens (tertiary/aromatic N) is 3. The van der Waals surface area contributed by atoms with Crippen molar-refractivity contribution in [3.05, 3.63) is 65.1 Å². The summed E-state index contributed by atoms with van der Waals surface area (Å²) >= 11 is 5.76. The fourth-order valence-electron chi connectivity index (χ4n) is 3.35. The van der Waals surface area contributed by atoms with Crippen molar-refractivity contribution in [1.82, 2.24) is 9.97 Å². The van der Waals surface area contributed by atoms with E-state index in [-0.39, 0.29) is 53.2 Å². The predicted octanol–water partition coefficient (Wildman–Crippen LogP) is 5.58. The second-order valence-electron chi connectivity index (χ2n) is 8.20. The molecule has 0 spiro atoms. The highest BCUT2D eigenvalue weighted by Gasteiger charge is 2.39. The highest BCUT2D eigenvalue weighted by atomic mass is 35.5. The third-order valence-electron chi connectivity index (χ3n) is 4.87. The Bertz CT molecular complexity index is 1500. The summed E-state index contributed by atoms with van der Waals surface area (Å²) in [6.45, 7) is 0.0770. The monoisotopic (exact) mass is 608 g/mol. The van der Waals surface area contributed by atoms with E-state index in [4.69, 9.17) is 25.9 Å². The number of carbonyl (C=O) groups excluding carboxylic acids is 1. The van der Waals surface area contributed by atoms with Crippen molar-refractivity contribution < 1.29 is 45.3 Å². The normalized spacial score (nSPS) is 12.9. The number of rotatable bonds is 11. The molecule has 0 aliphatic rings. The number of hydrogen-bond donors (Lipinski definition) is 1. The molecule has 2 aromatic carbocycles. The molecule has 0 saturated heterocycles. The molecule has 3 aromatic rings. The molecule has 40 heavy (non-hydrogen) atoms. The van der Waals surface area contributed by atoms with Crippen LogP contribution in [-0.4, -0.2) is 52.8 Å². The van der Waals surface area contributed by atoms with E-state index in [1.54, 1.807) is 0 Å². The molecule has 1 amide bonds. The number of amides is 1. The summed E-state index contributed by atoms with van der Waals surface area (Å²) in [5.41, 5.74) is 3.12.